The molecule has 1 aromatic carbocycles. The average Bonchev–Trinajstić information content (AvgIpc) is 2.85. The highest BCUT2D eigenvalue weighted by atomic mass is 16.6. The van der Waals surface area contributed by atoms with E-state index in [4.69, 9.17) is 9.47 Å². The van der Waals surface area contributed by atoms with Gasteiger partial charge in [0, 0.05) is 32.4 Å². The number of aromatic nitrogens is 3. The number of pyridine rings is 1. The van der Waals surface area contributed by atoms with E-state index in [9.17, 15) is 4.79 Å². The first kappa shape index (κ1) is 19.1. The summed E-state index contributed by atoms with van der Waals surface area (Å²) in [5.41, 5.74) is 0.517. The molecular formula is C22H22N6O3. The molecule has 0 radical (unpaired) electrons. The maximum Gasteiger partial charge on any atom is 0.269 e. The molecule has 9 heteroatoms. The van der Waals surface area contributed by atoms with Gasteiger partial charge < -0.3 is 24.6 Å². The molecule has 1 unspecified atom stereocenters. The highest BCUT2D eigenvalue weighted by molar-refractivity contribution is 5.94. The van der Waals surface area contributed by atoms with E-state index >= 15 is 0 Å². The maximum absolute atomic E-state index is 12.5. The predicted molar refractivity (Wildman–Crippen MR) is 116 cm³/mol. The van der Waals surface area contributed by atoms with Crippen LogP contribution in [-0.2, 0) is 4.79 Å². The van der Waals surface area contributed by atoms with Crippen LogP contribution < -0.4 is 24.6 Å². The second-order valence-corrected chi connectivity index (χ2v) is 7.29. The van der Waals surface area contributed by atoms with Crippen molar-refractivity contribution in [1.82, 2.24) is 15.0 Å². The number of nitrogens with zero attached hydrogens (tertiary/aromatic N) is 5. The maximum atomic E-state index is 12.5. The van der Waals surface area contributed by atoms with Crippen molar-refractivity contribution in [1.29, 1.82) is 0 Å². The number of carbonyl (C=O) groups excluding carboxylic acids is 1. The molecule has 2 aliphatic rings. The van der Waals surface area contributed by atoms with Crippen LogP contribution in [0.4, 0.5) is 17.5 Å². The smallest absolute Gasteiger partial charge is 0.269 e. The first-order chi connectivity index (χ1) is 15.3. The van der Waals surface area contributed by atoms with Gasteiger partial charge in [-0.2, -0.15) is 0 Å². The van der Waals surface area contributed by atoms with Crippen molar-refractivity contribution >= 4 is 23.4 Å². The minimum Gasteiger partial charge on any atom is -0.485 e. The molecule has 3 aromatic rings. The van der Waals surface area contributed by atoms with Crippen LogP contribution in [0.3, 0.4) is 0 Å². The molecule has 4 heterocycles. The van der Waals surface area contributed by atoms with Crippen molar-refractivity contribution in [3.63, 3.8) is 0 Å². The zero-order valence-electron chi connectivity index (χ0n) is 16.8. The first-order valence-electron chi connectivity index (χ1n) is 10.2. The SMILES string of the molecule is O=C(Nc1cnc(N2CCN(c3ccccn3)CC2)nc1)C1COc2ccccc2O1. The topological polar surface area (TPSA) is 92.7 Å². The van der Waals surface area contributed by atoms with E-state index in [2.05, 4.69) is 30.1 Å². The average molecular weight is 418 g/mol. The Morgan fingerprint density at radius 3 is 2.35 bits per heavy atom. The zero-order valence-corrected chi connectivity index (χ0v) is 16.8. The molecule has 0 aliphatic carbocycles. The number of carbonyl (C=O) groups is 1. The number of rotatable bonds is 4. The fourth-order valence-corrected chi connectivity index (χ4v) is 3.60. The molecule has 2 aliphatic heterocycles. The van der Waals surface area contributed by atoms with Gasteiger partial charge in [-0.15, -0.1) is 0 Å². The molecule has 31 heavy (non-hydrogen) atoms. The van der Waals surface area contributed by atoms with E-state index in [1.54, 1.807) is 24.7 Å². The van der Waals surface area contributed by atoms with Crippen LogP contribution >= 0.6 is 0 Å². The molecule has 1 amide bonds. The first-order valence-corrected chi connectivity index (χ1v) is 10.2. The number of anilines is 3. The number of amides is 1. The molecule has 5 rings (SSSR count). The van der Waals surface area contributed by atoms with Gasteiger partial charge in [0.15, 0.2) is 11.5 Å². The van der Waals surface area contributed by atoms with Gasteiger partial charge in [0.25, 0.3) is 5.91 Å². The van der Waals surface area contributed by atoms with Crippen molar-refractivity contribution in [2.45, 2.75) is 6.10 Å². The Balaban J connectivity index is 1.16. The third-order valence-corrected chi connectivity index (χ3v) is 5.24. The lowest BCUT2D eigenvalue weighted by atomic mass is 10.2. The largest absolute Gasteiger partial charge is 0.485 e. The summed E-state index contributed by atoms with van der Waals surface area (Å²) in [6, 6.07) is 13.2. The molecule has 158 valence electrons. The summed E-state index contributed by atoms with van der Waals surface area (Å²) in [7, 11) is 0. The molecule has 1 N–H and O–H groups in total. The number of para-hydroxylation sites is 2. The number of nitrogens with one attached hydrogen (secondary N) is 1. The summed E-state index contributed by atoms with van der Waals surface area (Å²) in [6.07, 6.45) is 4.31. The van der Waals surface area contributed by atoms with E-state index in [0.29, 0.717) is 23.1 Å². The summed E-state index contributed by atoms with van der Waals surface area (Å²) >= 11 is 0. The number of piperazine rings is 1. The van der Waals surface area contributed by atoms with Crippen molar-refractivity contribution < 1.29 is 14.3 Å². The Labute approximate surface area is 179 Å². The summed E-state index contributed by atoms with van der Waals surface area (Å²) in [5, 5.41) is 2.80. The van der Waals surface area contributed by atoms with Gasteiger partial charge in [0.2, 0.25) is 12.1 Å². The predicted octanol–water partition coefficient (Wildman–Crippen LogP) is 1.98. The van der Waals surface area contributed by atoms with Crippen molar-refractivity contribution in [3.8, 4) is 11.5 Å². The molecule has 0 bridgehead atoms. The molecule has 1 saturated heterocycles. The minimum absolute atomic E-state index is 0.155. The van der Waals surface area contributed by atoms with Gasteiger partial charge in [0.05, 0.1) is 18.1 Å². The molecular weight excluding hydrogens is 396 g/mol. The van der Waals surface area contributed by atoms with Crippen molar-refractivity contribution in [2.24, 2.45) is 0 Å². The number of benzene rings is 1. The highest BCUT2D eigenvalue weighted by Gasteiger charge is 2.27. The Morgan fingerprint density at radius 1 is 0.903 bits per heavy atom. The number of fused-ring (bicyclic) bond motifs is 1. The van der Waals surface area contributed by atoms with Crippen LogP contribution in [-0.4, -0.2) is 59.7 Å². The molecule has 1 atom stereocenters. The summed E-state index contributed by atoms with van der Waals surface area (Å²) in [6.45, 7) is 3.45. The second-order valence-electron chi connectivity index (χ2n) is 7.29. The lowest BCUT2D eigenvalue weighted by Crippen LogP contribution is -2.47. The molecule has 0 saturated carbocycles. The van der Waals surface area contributed by atoms with Gasteiger partial charge >= 0.3 is 0 Å². The molecule has 0 spiro atoms. The van der Waals surface area contributed by atoms with Crippen LogP contribution in [0, 0.1) is 0 Å². The third kappa shape index (κ3) is 4.20. The molecule has 1 fully saturated rings. The summed E-state index contributed by atoms with van der Waals surface area (Å²) < 4.78 is 11.3. The Hall–Kier alpha value is -3.88. The fraction of sp³-hybridized carbons (Fsp3) is 0.273. The zero-order chi connectivity index (χ0) is 21.0. The van der Waals surface area contributed by atoms with Gasteiger partial charge in [0.1, 0.15) is 12.4 Å². The fourth-order valence-electron chi connectivity index (χ4n) is 3.60. The van der Waals surface area contributed by atoms with E-state index in [1.807, 2.05) is 36.4 Å². The lowest BCUT2D eigenvalue weighted by Gasteiger charge is -2.35. The second kappa shape index (κ2) is 8.47. The standard InChI is InChI=1S/C22H22N6O3/c29-21(19-15-30-17-5-1-2-6-18(17)31-19)26-16-13-24-22(25-14-16)28-11-9-27(10-12-28)20-7-3-4-8-23-20/h1-8,13-14,19H,9-12,15H2,(H,26,29). The lowest BCUT2D eigenvalue weighted by molar-refractivity contribution is -0.125. The monoisotopic (exact) mass is 418 g/mol. The van der Waals surface area contributed by atoms with Crippen molar-refractivity contribution in [2.75, 3.05) is 47.9 Å². The van der Waals surface area contributed by atoms with Gasteiger partial charge in [-0.1, -0.05) is 18.2 Å². The minimum atomic E-state index is -0.728. The Bertz CT molecular complexity index is 1040. The molecule has 9 nitrogen and oxygen atoms in total. The highest BCUT2D eigenvalue weighted by Crippen LogP contribution is 2.31. The van der Waals surface area contributed by atoms with Gasteiger partial charge in [-0.3, -0.25) is 4.79 Å². The Kier molecular flexibility index (Phi) is 5.22. The van der Waals surface area contributed by atoms with E-state index in [1.165, 1.54) is 0 Å². The Morgan fingerprint density at radius 2 is 1.61 bits per heavy atom. The van der Waals surface area contributed by atoms with E-state index in [0.717, 1.165) is 32.0 Å². The van der Waals surface area contributed by atoms with Crippen LogP contribution in [0.5, 0.6) is 11.5 Å². The number of hydrogen-bond acceptors (Lipinski definition) is 8. The normalized spacial score (nSPS) is 17.9. The van der Waals surface area contributed by atoms with Gasteiger partial charge in [-0.05, 0) is 24.3 Å². The third-order valence-electron chi connectivity index (χ3n) is 5.24. The molecule has 2 aromatic heterocycles. The van der Waals surface area contributed by atoms with Crippen LogP contribution in [0.25, 0.3) is 0 Å². The summed E-state index contributed by atoms with van der Waals surface area (Å²) in [4.78, 5) is 30.2. The van der Waals surface area contributed by atoms with Crippen LogP contribution in [0.15, 0.2) is 61.1 Å². The van der Waals surface area contributed by atoms with Crippen LogP contribution in [0.1, 0.15) is 0 Å². The quantitative estimate of drug-likeness (QED) is 0.688. The number of ether oxygens (including phenoxy) is 2. The van der Waals surface area contributed by atoms with Crippen molar-refractivity contribution in [3.05, 3.63) is 61.1 Å². The van der Waals surface area contributed by atoms with Crippen LogP contribution in [0.2, 0.25) is 0 Å². The summed E-state index contributed by atoms with van der Waals surface area (Å²) in [5.74, 6) is 2.53. The van der Waals surface area contributed by atoms with E-state index in [-0.39, 0.29) is 12.5 Å². The number of hydrogen-bond donors (Lipinski definition) is 1. The van der Waals surface area contributed by atoms with E-state index < -0.39 is 6.10 Å². The van der Waals surface area contributed by atoms with Gasteiger partial charge in [-0.25, -0.2) is 15.0 Å².